The zero-order valence-corrected chi connectivity index (χ0v) is 5.97. The van der Waals surface area contributed by atoms with Gasteiger partial charge in [0, 0.05) is 5.25 Å². The van der Waals surface area contributed by atoms with E-state index in [1.54, 1.807) is 0 Å². The van der Waals surface area contributed by atoms with Gasteiger partial charge in [0.15, 0.2) is 0 Å². The van der Waals surface area contributed by atoms with Crippen molar-refractivity contribution in [1.82, 2.24) is 0 Å². The van der Waals surface area contributed by atoms with Crippen molar-refractivity contribution >= 4 is 57.9 Å². The molecule has 0 saturated carbocycles. The molecular formula is C4H9NaOS2. The summed E-state index contributed by atoms with van der Waals surface area (Å²) in [6.07, 6.45) is 0. The fourth-order valence-electron chi connectivity index (χ4n) is 0.202. The van der Waals surface area contributed by atoms with E-state index < -0.39 is 0 Å². The molecule has 1 N–H and O–H groups in total. The van der Waals surface area contributed by atoms with Crippen molar-refractivity contribution in [1.29, 1.82) is 0 Å². The third-order valence-electron chi connectivity index (χ3n) is 0.337. The molecule has 0 aromatic rings. The number of hydrogen-bond acceptors (Lipinski definition) is 2. The van der Waals surface area contributed by atoms with Crippen molar-refractivity contribution in [2.75, 3.05) is 0 Å². The van der Waals surface area contributed by atoms with Crippen LogP contribution in [0, 0.1) is 0 Å². The van der Waals surface area contributed by atoms with Crippen molar-refractivity contribution in [3.8, 4) is 0 Å². The van der Waals surface area contributed by atoms with Gasteiger partial charge in [-0.05, 0) is 12.2 Å². The van der Waals surface area contributed by atoms with Crippen molar-refractivity contribution in [2.45, 2.75) is 19.1 Å². The second kappa shape index (κ2) is 6.36. The molecule has 0 aliphatic carbocycles. The molecule has 0 atom stereocenters. The number of aliphatic hydroxyl groups is 1. The molecule has 0 rings (SSSR count). The first-order valence-corrected chi connectivity index (χ1v) is 3.31. The molecule has 8 heavy (non-hydrogen) atoms. The third kappa shape index (κ3) is 10.3. The minimum atomic E-state index is 0. The summed E-state index contributed by atoms with van der Waals surface area (Å²) in [5.74, 6) is 0. The van der Waals surface area contributed by atoms with Crippen molar-refractivity contribution in [2.24, 2.45) is 0 Å². The second-order valence-electron chi connectivity index (χ2n) is 1.43. The van der Waals surface area contributed by atoms with E-state index in [2.05, 4.69) is 12.2 Å². The van der Waals surface area contributed by atoms with E-state index >= 15 is 0 Å². The van der Waals surface area contributed by atoms with E-state index in [0.29, 0.717) is 5.25 Å². The minimum absolute atomic E-state index is 0. The molecule has 0 amide bonds. The van der Waals surface area contributed by atoms with Crippen LogP contribution in [0.3, 0.4) is 0 Å². The fourth-order valence-corrected chi connectivity index (χ4v) is 1.18. The quantitative estimate of drug-likeness (QED) is 0.461. The molecule has 0 aromatic heterocycles. The van der Waals surface area contributed by atoms with Crippen LogP contribution in [0.25, 0.3) is 0 Å². The first kappa shape index (κ1) is 12.0. The Morgan fingerprint density at radius 1 is 1.62 bits per heavy atom. The van der Waals surface area contributed by atoms with Crippen LogP contribution in [0.2, 0.25) is 0 Å². The standard InChI is InChI=1S/C4H8OS2.Na.H/c1-3(2)7-4(5)6;;/h3H,1-2H3,(H,5,6);;. The van der Waals surface area contributed by atoms with Crippen LogP contribution < -0.4 is 0 Å². The van der Waals surface area contributed by atoms with Crippen molar-refractivity contribution in [3.63, 3.8) is 0 Å². The van der Waals surface area contributed by atoms with Gasteiger partial charge in [0.25, 0.3) is 0 Å². The second-order valence-corrected chi connectivity index (χ2v) is 3.64. The first-order valence-electron chi connectivity index (χ1n) is 2.02. The summed E-state index contributed by atoms with van der Waals surface area (Å²) in [5.41, 5.74) is 0. The van der Waals surface area contributed by atoms with Crippen LogP contribution in [0.4, 0.5) is 0 Å². The topological polar surface area (TPSA) is 20.2 Å². The van der Waals surface area contributed by atoms with Crippen LogP contribution in [0.1, 0.15) is 13.8 Å². The summed E-state index contributed by atoms with van der Waals surface area (Å²) in [6, 6.07) is 0. The van der Waals surface area contributed by atoms with Gasteiger partial charge >= 0.3 is 29.6 Å². The monoisotopic (exact) mass is 160 g/mol. The van der Waals surface area contributed by atoms with Gasteiger partial charge < -0.3 is 5.11 Å². The average Bonchev–Trinajstić information content (AvgIpc) is 1.27. The molecule has 0 aliphatic rings. The Labute approximate surface area is 81.5 Å². The molecule has 0 aliphatic heterocycles. The zero-order valence-electron chi connectivity index (χ0n) is 4.34. The number of aliphatic hydroxyl groups excluding tert-OH is 1. The number of hydrogen-bond donors (Lipinski definition) is 1. The van der Waals surface area contributed by atoms with Gasteiger partial charge in [-0.1, -0.05) is 25.6 Å². The molecule has 0 heterocycles. The Bertz CT molecular complexity index is 74.4. The molecule has 44 valence electrons. The molecule has 0 spiro atoms. The van der Waals surface area contributed by atoms with Gasteiger partial charge in [-0.25, -0.2) is 0 Å². The van der Waals surface area contributed by atoms with E-state index in [4.69, 9.17) is 5.11 Å². The normalized spacial score (nSPS) is 8.38. The summed E-state index contributed by atoms with van der Waals surface area (Å²) >= 11 is 5.69. The van der Waals surface area contributed by atoms with Crippen LogP contribution in [0.5, 0.6) is 0 Å². The fraction of sp³-hybridized carbons (Fsp3) is 0.750. The Morgan fingerprint density at radius 2 is 2.00 bits per heavy atom. The molecule has 0 fully saturated rings. The van der Waals surface area contributed by atoms with E-state index in [1.807, 2.05) is 13.8 Å². The summed E-state index contributed by atoms with van der Waals surface area (Å²) < 4.78 is 0.0370. The summed E-state index contributed by atoms with van der Waals surface area (Å²) in [4.78, 5) is 0. The predicted molar refractivity (Wildman–Crippen MR) is 45.1 cm³/mol. The molecule has 0 bridgehead atoms. The molecule has 0 aromatic carbocycles. The molecule has 0 saturated heterocycles. The maximum atomic E-state index is 8.42. The van der Waals surface area contributed by atoms with E-state index in [0.717, 1.165) is 0 Å². The van der Waals surface area contributed by atoms with Crippen LogP contribution in [-0.2, 0) is 0 Å². The Kier molecular flexibility index (Phi) is 9.52. The molecular weight excluding hydrogens is 151 g/mol. The predicted octanol–water partition coefficient (Wildman–Crippen LogP) is 1.32. The maximum absolute atomic E-state index is 8.42. The van der Waals surface area contributed by atoms with Crippen LogP contribution >= 0.6 is 24.0 Å². The van der Waals surface area contributed by atoms with Gasteiger partial charge in [-0.3, -0.25) is 0 Å². The third-order valence-corrected chi connectivity index (χ3v) is 1.30. The molecule has 4 heteroatoms. The van der Waals surface area contributed by atoms with Gasteiger partial charge in [-0.15, -0.1) is 0 Å². The van der Waals surface area contributed by atoms with E-state index in [-0.39, 0.29) is 33.9 Å². The van der Waals surface area contributed by atoms with Gasteiger partial charge in [0.1, 0.15) is 0 Å². The summed E-state index contributed by atoms with van der Waals surface area (Å²) in [6.45, 7) is 3.96. The molecule has 0 unspecified atom stereocenters. The van der Waals surface area contributed by atoms with E-state index in [9.17, 15) is 0 Å². The Hall–Kier alpha value is 1.24. The number of rotatable bonds is 1. The number of thioether (sulfide) groups is 1. The molecule has 0 radical (unpaired) electrons. The van der Waals surface area contributed by atoms with Crippen LogP contribution in [-0.4, -0.2) is 44.3 Å². The van der Waals surface area contributed by atoms with Gasteiger partial charge in [0.2, 0.25) is 4.38 Å². The summed E-state index contributed by atoms with van der Waals surface area (Å²) in [5, 5.41) is 8.82. The number of thiocarbonyl (C=S) groups is 1. The summed E-state index contributed by atoms with van der Waals surface area (Å²) in [7, 11) is 0. The van der Waals surface area contributed by atoms with E-state index in [1.165, 1.54) is 11.8 Å². The van der Waals surface area contributed by atoms with Crippen molar-refractivity contribution in [3.05, 3.63) is 0 Å². The average molecular weight is 160 g/mol. The molecule has 1 nitrogen and oxygen atoms in total. The Balaban J connectivity index is 0. The van der Waals surface area contributed by atoms with Crippen molar-refractivity contribution < 1.29 is 5.11 Å². The Morgan fingerprint density at radius 3 is 2.00 bits per heavy atom. The van der Waals surface area contributed by atoms with Crippen LogP contribution in [0.15, 0.2) is 0 Å². The zero-order chi connectivity index (χ0) is 5.86. The SMILES string of the molecule is CC(C)SC(O)=S.[NaH]. The van der Waals surface area contributed by atoms with Gasteiger partial charge in [0.05, 0.1) is 0 Å². The van der Waals surface area contributed by atoms with Gasteiger partial charge in [-0.2, -0.15) is 0 Å². The first-order chi connectivity index (χ1) is 3.13.